The van der Waals surface area contributed by atoms with E-state index < -0.39 is 5.82 Å². The molecule has 4 heteroatoms. The molecule has 0 aliphatic heterocycles. The van der Waals surface area contributed by atoms with Gasteiger partial charge in [-0.3, -0.25) is 0 Å². The number of halogens is 2. The van der Waals surface area contributed by atoms with E-state index in [1.54, 1.807) is 0 Å². The molecule has 1 nitrogen and oxygen atoms in total. The Morgan fingerprint density at radius 3 is 2.55 bits per heavy atom. The molecule has 1 aliphatic carbocycles. The fourth-order valence-electron chi connectivity index (χ4n) is 2.81. The Kier molecular flexibility index (Phi) is 4.75. The van der Waals surface area contributed by atoms with Crippen molar-refractivity contribution in [1.82, 2.24) is 0 Å². The van der Waals surface area contributed by atoms with Gasteiger partial charge in [-0.1, -0.05) is 20.8 Å². The van der Waals surface area contributed by atoms with Crippen molar-refractivity contribution in [2.45, 2.75) is 56.2 Å². The van der Waals surface area contributed by atoms with Crippen LogP contribution in [-0.2, 0) is 0 Å². The second-order valence-electron chi connectivity index (χ2n) is 6.77. The average Bonchev–Trinajstić information content (AvgIpc) is 2.35. The number of benzene rings is 1. The summed E-state index contributed by atoms with van der Waals surface area (Å²) >= 11 is 1.39. The molecule has 112 valence electrons. The summed E-state index contributed by atoms with van der Waals surface area (Å²) in [5.41, 5.74) is 6.42. The Morgan fingerprint density at radius 2 is 1.90 bits per heavy atom. The van der Waals surface area contributed by atoms with Gasteiger partial charge in [0.05, 0.1) is 0 Å². The summed E-state index contributed by atoms with van der Waals surface area (Å²) in [6.45, 7) is 6.71. The van der Waals surface area contributed by atoms with E-state index in [-0.39, 0.29) is 22.5 Å². The van der Waals surface area contributed by atoms with E-state index in [4.69, 9.17) is 5.73 Å². The Hall–Kier alpha value is -0.610. The third-order valence-corrected chi connectivity index (χ3v) is 5.65. The van der Waals surface area contributed by atoms with Gasteiger partial charge in [0.25, 0.3) is 0 Å². The lowest BCUT2D eigenvalue weighted by Gasteiger charge is -2.40. The van der Waals surface area contributed by atoms with Gasteiger partial charge < -0.3 is 5.73 Å². The van der Waals surface area contributed by atoms with Crippen LogP contribution in [0.1, 0.15) is 40.0 Å². The molecule has 2 rings (SSSR count). The zero-order chi connectivity index (χ0) is 14.9. The van der Waals surface area contributed by atoms with Gasteiger partial charge in [-0.05, 0) is 48.8 Å². The van der Waals surface area contributed by atoms with Crippen LogP contribution in [0.2, 0.25) is 0 Å². The van der Waals surface area contributed by atoms with Crippen molar-refractivity contribution in [2.75, 3.05) is 0 Å². The van der Waals surface area contributed by atoms with Crippen molar-refractivity contribution < 1.29 is 8.78 Å². The SMILES string of the molecule is CC(C)(C)C1CCC(N)C(Sc2cc(F)ccc2F)C1. The molecule has 0 radical (unpaired) electrons. The van der Waals surface area contributed by atoms with Crippen LogP contribution in [-0.4, -0.2) is 11.3 Å². The highest BCUT2D eigenvalue weighted by molar-refractivity contribution is 8.00. The zero-order valence-corrected chi connectivity index (χ0v) is 13.1. The van der Waals surface area contributed by atoms with Gasteiger partial charge in [-0.2, -0.15) is 0 Å². The monoisotopic (exact) mass is 299 g/mol. The van der Waals surface area contributed by atoms with Crippen LogP contribution >= 0.6 is 11.8 Å². The lowest BCUT2D eigenvalue weighted by molar-refractivity contribution is 0.174. The molecule has 3 unspecified atom stereocenters. The molecule has 0 heterocycles. The number of hydrogen-bond donors (Lipinski definition) is 1. The molecule has 1 saturated carbocycles. The maximum atomic E-state index is 13.8. The molecular formula is C16H23F2NS. The van der Waals surface area contributed by atoms with Crippen molar-refractivity contribution in [2.24, 2.45) is 17.1 Å². The first-order valence-electron chi connectivity index (χ1n) is 7.14. The van der Waals surface area contributed by atoms with Crippen LogP contribution in [0.4, 0.5) is 8.78 Å². The standard InChI is InChI=1S/C16H23F2NS/c1-16(2,3)10-4-7-13(19)15(8-10)20-14-9-11(17)5-6-12(14)18/h5-6,9-10,13,15H,4,7-8,19H2,1-3H3. The molecule has 0 bridgehead atoms. The minimum atomic E-state index is -0.398. The lowest BCUT2D eigenvalue weighted by Crippen LogP contribution is -2.41. The fraction of sp³-hybridized carbons (Fsp3) is 0.625. The van der Waals surface area contributed by atoms with Crippen molar-refractivity contribution in [1.29, 1.82) is 0 Å². The molecular weight excluding hydrogens is 276 g/mol. The molecule has 1 aromatic rings. The zero-order valence-electron chi connectivity index (χ0n) is 12.3. The van der Waals surface area contributed by atoms with Crippen LogP contribution < -0.4 is 5.73 Å². The van der Waals surface area contributed by atoms with Gasteiger partial charge >= 0.3 is 0 Å². The minimum Gasteiger partial charge on any atom is -0.327 e. The third-order valence-electron chi connectivity index (χ3n) is 4.24. The fourth-order valence-corrected chi connectivity index (χ4v) is 4.13. The van der Waals surface area contributed by atoms with E-state index in [2.05, 4.69) is 20.8 Å². The summed E-state index contributed by atoms with van der Waals surface area (Å²) in [4.78, 5) is 0.375. The van der Waals surface area contributed by atoms with E-state index in [1.165, 1.54) is 23.9 Å². The number of thioether (sulfide) groups is 1. The van der Waals surface area contributed by atoms with Crippen molar-refractivity contribution >= 4 is 11.8 Å². The molecule has 0 amide bonds. The van der Waals surface area contributed by atoms with Gasteiger partial charge in [-0.25, -0.2) is 8.78 Å². The van der Waals surface area contributed by atoms with Crippen molar-refractivity contribution in [3.05, 3.63) is 29.8 Å². The topological polar surface area (TPSA) is 26.0 Å². The van der Waals surface area contributed by atoms with Gasteiger partial charge in [0, 0.05) is 16.2 Å². The van der Waals surface area contributed by atoms with Crippen molar-refractivity contribution in [3.63, 3.8) is 0 Å². The molecule has 0 aromatic heterocycles. The molecule has 3 atom stereocenters. The van der Waals surface area contributed by atoms with Gasteiger partial charge in [0.2, 0.25) is 0 Å². The Balaban J connectivity index is 2.12. The summed E-state index contributed by atoms with van der Waals surface area (Å²) in [6.07, 6.45) is 3.04. The number of hydrogen-bond acceptors (Lipinski definition) is 2. The Morgan fingerprint density at radius 1 is 1.20 bits per heavy atom. The maximum absolute atomic E-state index is 13.8. The summed E-state index contributed by atoms with van der Waals surface area (Å²) in [6, 6.07) is 3.67. The molecule has 1 fully saturated rings. The van der Waals surface area contributed by atoms with Gasteiger partial charge in [0.15, 0.2) is 0 Å². The van der Waals surface area contributed by atoms with Crippen LogP contribution in [0, 0.1) is 23.0 Å². The Labute approximate surface area is 124 Å². The first-order valence-corrected chi connectivity index (χ1v) is 8.02. The average molecular weight is 299 g/mol. The third kappa shape index (κ3) is 3.73. The quantitative estimate of drug-likeness (QED) is 0.863. The van der Waals surface area contributed by atoms with E-state index in [0.717, 1.165) is 25.3 Å². The molecule has 2 N–H and O–H groups in total. The lowest BCUT2D eigenvalue weighted by atomic mass is 9.71. The maximum Gasteiger partial charge on any atom is 0.136 e. The second kappa shape index (κ2) is 6.02. The van der Waals surface area contributed by atoms with Crippen LogP contribution in [0.15, 0.2) is 23.1 Å². The van der Waals surface area contributed by atoms with Gasteiger partial charge in [-0.15, -0.1) is 11.8 Å². The highest BCUT2D eigenvalue weighted by atomic mass is 32.2. The van der Waals surface area contributed by atoms with E-state index in [9.17, 15) is 8.78 Å². The minimum absolute atomic E-state index is 0.0567. The molecule has 1 aliphatic rings. The molecule has 20 heavy (non-hydrogen) atoms. The van der Waals surface area contributed by atoms with Crippen LogP contribution in [0.5, 0.6) is 0 Å². The van der Waals surface area contributed by atoms with E-state index in [0.29, 0.717) is 10.8 Å². The predicted molar refractivity (Wildman–Crippen MR) is 80.8 cm³/mol. The van der Waals surface area contributed by atoms with E-state index >= 15 is 0 Å². The van der Waals surface area contributed by atoms with E-state index in [1.807, 2.05) is 0 Å². The first kappa shape index (κ1) is 15.8. The largest absolute Gasteiger partial charge is 0.327 e. The normalized spacial score (nSPS) is 27.6. The second-order valence-corrected chi connectivity index (χ2v) is 8.05. The highest BCUT2D eigenvalue weighted by Crippen LogP contribution is 2.43. The molecule has 1 aromatic carbocycles. The first-order chi connectivity index (χ1) is 9.27. The summed E-state index contributed by atoms with van der Waals surface area (Å²) < 4.78 is 27.0. The number of nitrogens with two attached hydrogens (primary N) is 1. The molecule has 0 saturated heterocycles. The van der Waals surface area contributed by atoms with Crippen molar-refractivity contribution in [3.8, 4) is 0 Å². The summed E-state index contributed by atoms with van der Waals surface area (Å²) in [5, 5.41) is 0.157. The van der Waals surface area contributed by atoms with Crippen LogP contribution in [0.3, 0.4) is 0 Å². The van der Waals surface area contributed by atoms with Crippen LogP contribution in [0.25, 0.3) is 0 Å². The smallest absolute Gasteiger partial charge is 0.136 e. The van der Waals surface area contributed by atoms with Gasteiger partial charge in [0.1, 0.15) is 11.6 Å². The molecule has 0 spiro atoms. The predicted octanol–water partition coefficient (Wildman–Crippen LogP) is 4.60. The summed E-state index contributed by atoms with van der Waals surface area (Å²) in [5.74, 6) is -0.177. The highest BCUT2D eigenvalue weighted by Gasteiger charge is 2.35. The summed E-state index contributed by atoms with van der Waals surface area (Å²) in [7, 11) is 0. The Bertz CT molecular complexity index is 470. The number of rotatable bonds is 2.